The maximum absolute atomic E-state index is 13.8. The number of aromatic nitrogens is 4. The van der Waals surface area contributed by atoms with Gasteiger partial charge in [0, 0.05) is 13.3 Å². The maximum atomic E-state index is 13.8. The Hall–Kier alpha value is -3.26. The van der Waals surface area contributed by atoms with E-state index in [4.69, 9.17) is 26.4 Å². The number of carbonyl (C=O) groups excluding carboxylic acids is 2. The van der Waals surface area contributed by atoms with Gasteiger partial charge in [-0.25, -0.2) is 4.98 Å². The minimum atomic E-state index is -1.52. The summed E-state index contributed by atoms with van der Waals surface area (Å²) < 4.78 is 32.0. The third kappa shape index (κ3) is 4.80. The fourth-order valence-electron chi connectivity index (χ4n) is 3.66. The van der Waals surface area contributed by atoms with E-state index in [1.165, 1.54) is 17.8 Å². The summed E-state index contributed by atoms with van der Waals surface area (Å²) in [7, 11) is 0. The normalized spacial score (nSPS) is 22.6. The Morgan fingerprint density at radius 3 is 2.88 bits per heavy atom. The second-order valence-electron chi connectivity index (χ2n) is 7.62. The van der Waals surface area contributed by atoms with Gasteiger partial charge in [0.1, 0.15) is 18.2 Å². The van der Waals surface area contributed by atoms with Crippen LogP contribution in [0.25, 0.3) is 11.2 Å². The average Bonchev–Trinajstić information content (AvgIpc) is 3.31. The van der Waals surface area contributed by atoms with Gasteiger partial charge in [-0.1, -0.05) is 32.1 Å². The van der Waals surface area contributed by atoms with Crippen molar-refractivity contribution in [1.82, 2.24) is 19.5 Å². The predicted octanol–water partition coefficient (Wildman–Crippen LogP) is 1.94. The highest BCUT2D eigenvalue weighted by Crippen LogP contribution is 2.38. The van der Waals surface area contributed by atoms with E-state index in [2.05, 4.69) is 27.8 Å². The zero-order valence-corrected chi connectivity index (χ0v) is 18.0. The summed E-state index contributed by atoms with van der Waals surface area (Å²) in [6, 6.07) is -0.708. The molecule has 2 aromatic rings. The highest BCUT2D eigenvalue weighted by Gasteiger charge is 2.54. The second-order valence-corrected chi connectivity index (χ2v) is 7.62. The van der Waals surface area contributed by atoms with Crippen molar-refractivity contribution in [2.75, 3.05) is 18.9 Å². The molecule has 0 aliphatic carbocycles. The van der Waals surface area contributed by atoms with Crippen molar-refractivity contribution in [2.45, 2.75) is 63.7 Å². The number of halogens is 1. The third-order valence-electron chi connectivity index (χ3n) is 5.33. The number of ether oxygens (including phenoxy) is 3. The molecule has 32 heavy (non-hydrogen) atoms. The van der Waals surface area contributed by atoms with Crippen LogP contribution in [0.15, 0.2) is 6.33 Å². The molecule has 0 saturated carbocycles. The molecule has 1 aliphatic rings. The number of carbonyl (C=O) groups is 2. The number of anilines is 1. The number of hydrogen-bond donors (Lipinski definition) is 1. The minimum Gasteiger partial charge on any atom is -0.462 e. The molecule has 172 valence electrons. The first-order valence-electron chi connectivity index (χ1n) is 10.4. The van der Waals surface area contributed by atoms with Gasteiger partial charge in [0.15, 0.2) is 17.6 Å². The number of rotatable bonds is 9. The Bertz CT molecular complexity index is 1040. The van der Waals surface area contributed by atoms with Crippen LogP contribution in [-0.4, -0.2) is 56.4 Å². The highest BCUT2D eigenvalue weighted by molar-refractivity contribution is 5.81. The number of nitrogens with zero attached hydrogens (tertiary/aromatic N) is 4. The lowest BCUT2D eigenvalue weighted by molar-refractivity contribution is -0.163. The summed E-state index contributed by atoms with van der Waals surface area (Å²) in [5.74, 6) is 1.33. The van der Waals surface area contributed by atoms with Crippen molar-refractivity contribution in [1.29, 1.82) is 0 Å². The van der Waals surface area contributed by atoms with E-state index in [0.29, 0.717) is 6.42 Å². The fourth-order valence-corrected chi connectivity index (χ4v) is 3.66. The Kier molecular flexibility index (Phi) is 7.25. The number of fused-ring (bicyclic) bond motifs is 1. The molecule has 3 atom stereocenters. The van der Waals surface area contributed by atoms with Crippen molar-refractivity contribution in [3.8, 4) is 12.3 Å². The van der Waals surface area contributed by atoms with Gasteiger partial charge in [-0.2, -0.15) is 14.4 Å². The SMILES string of the molecule is C#C[C@]1(COC(C)=O)OC[C@@H](n2cnc3c(N)nc(F)nc32)[C@@H]1OC(=O)CCCCCC. The van der Waals surface area contributed by atoms with Gasteiger partial charge < -0.3 is 24.5 Å². The Morgan fingerprint density at radius 2 is 2.19 bits per heavy atom. The monoisotopic (exact) mass is 447 g/mol. The smallest absolute Gasteiger partial charge is 0.312 e. The topological polar surface area (TPSA) is 131 Å². The first-order valence-corrected chi connectivity index (χ1v) is 10.4. The quantitative estimate of drug-likeness (QED) is 0.265. The lowest BCUT2D eigenvalue weighted by atomic mass is 9.95. The molecule has 0 spiro atoms. The van der Waals surface area contributed by atoms with Crippen molar-refractivity contribution >= 4 is 28.9 Å². The zero-order valence-electron chi connectivity index (χ0n) is 18.0. The van der Waals surface area contributed by atoms with E-state index in [0.717, 1.165) is 19.3 Å². The van der Waals surface area contributed by atoms with Gasteiger partial charge in [-0.15, -0.1) is 6.42 Å². The first-order chi connectivity index (χ1) is 15.3. The van der Waals surface area contributed by atoms with Gasteiger partial charge in [-0.05, 0) is 6.42 Å². The molecule has 0 amide bonds. The summed E-state index contributed by atoms with van der Waals surface area (Å²) in [5.41, 5.74) is 4.52. The van der Waals surface area contributed by atoms with Crippen molar-refractivity contribution in [3.05, 3.63) is 12.4 Å². The summed E-state index contributed by atoms with van der Waals surface area (Å²) >= 11 is 0. The summed E-state index contributed by atoms with van der Waals surface area (Å²) in [6.45, 7) is 2.97. The number of terminal acetylenes is 1. The minimum absolute atomic E-state index is 0.0176. The standard InChI is InChI=1S/C21H26FN5O5/c1-4-6-7-8-9-15(29)32-17-14(10-31-21(17,5-2)11-30-13(3)28)27-12-24-16-18(23)25-20(22)26-19(16)27/h2,12,14,17H,4,6-11H2,1,3H3,(H2,23,25,26)/t14-,17+,21-/m1/s1. The molecule has 2 aromatic heterocycles. The van der Waals surface area contributed by atoms with Crippen LogP contribution >= 0.6 is 0 Å². The van der Waals surface area contributed by atoms with Crippen LogP contribution in [0.5, 0.6) is 0 Å². The molecule has 1 fully saturated rings. The van der Waals surface area contributed by atoms with E-state index < -0.39 is 35.8 Å². The van der Waals surface area contributed by atoms with Gasteiger partial charge in [0.25, 0.3) is 0 Å². The van der Waals surface area contributed by atoms with Crippen LogP contribution in [0.2, 0.25) is 0 Å². The van der Waals surface area contributed by atoms with Crippen molar-refractivity contribution in [2.24, 2.45) is 0 Å². The third-order valence-corrected chi connectivity index (χ3v) is 5.33. The molecule has 0 bridgehead atoms. The van der Waals surface area contributed by atoms with Gasteiger partial charge in [0.05, 0.1) is 12.9 Å². The average molecular weight is 447 g/mol. The molecule has 2 N–H and O–H groups in total. The number of nitrogens with two attached hydrogens (primary N) is 1. The molecule has 10 nitrogen and oxygen atoms in total. The molecule has 1 saturated heterocycles. The number of nitrogen functional groups attached to an aromatic ring is 1. The number of esters is 2. The van der Waals surface area contributed by atoms with Crippen LogP contribution < -0.4 is 5.73 Å². The van der Waals surface area contributed by atoms with Crippen molar-refractivity contribution < 1.29 is 28.2 Å². The molecular formula is C21H26FN5O5. The number of unbranched alkanes of at least 4 members (excludes halogenated alkanes) is 3. The van der Waals surface area contributed by atoms with E-state index >= 15 is 0 Å². The molecule has 0 unspecified atom stereocenters. The van der Waals surface area contributed by atoms with Crippen molar-refractivity contribution in [3.63, 3.8) is 0 Å². The lowest BCUT2D eigenvalue weighted by Crippen LogP contribution is -2.47. The Morgan fingerprint density at radius 1 is 1.41 bits per heavy atom. The van der Waals surface area contributed by atoms with Gasteiger partial charge in [0.2, 0.25) is 5.60 Å². The highest BCUT2D eigenvalue weighted by atomic mass is 19.1. The first kappa shape index (κ1) is 23.4. The van der Waals surface area contributed by atoms with E-state index in [1.807, 2.05) is 0 Å². The van der Waals surface area contributed by atoms with E-state index in [-0.39, 0.29) is 36.6 Å². The van der Waals surface area contributed by atoms with Crippen LogP contribution in [0, 0.1) is 18.4 Å². The van der Waals surface area contributed by atoms with E-state index in [9.17, 15) is 14.0 Å². The summed E-state index contributed by atoms with van der Waals surface area (Å²) in [5, 5.41) is 0. The Labute approximate surface area is 184 Å². The zero-order chi connectivity index (χ0) is 23.3. The second kappa shape index (κ2) is 9.91. The van der Waals surface area contributed by atoms with Crippen LogP contribution in [0.4, 0.5) is 10.2 Å². The number of hydrogen-bond acceptors (Lipinski definition) is 9. The number of imidazole rings is 1. The molecule has 3 heterocycles. The molecule has 0 aromatic carbocycles. The van der Waals surface area contributed by atoms with Crippen LogP contribution in [0.1, 0.15) is 52.0 Å². The lowest BCUT2D eigenvalue weighted by Gasteiger charge is -2.30. The van der Waals surface area contributed by atoms with Gasteiger partial charge >= 0.3 is 18.0 Å². The Balaban J connectivity index is 1.93. The van der Waals surface area contributed by atoms with E-state index in [1.54, 1.807) is 0 Å². The van der Waals surface area contributed by atoms with Crippen LogP contribution in [0.3, 0.4) is 0 Å². The molecule has 11 heteroatoms. The molecule has 1 aliphatic heterocycles. The largest absolute Gasteiger partial charge is 0.462 e. The fraction of sp³-hybridized carbons (Fsp3) is 0.571. The summed E-state index contributed by atoms with van der Waals surface area (Å²) in [4.78, 5) is 35.4. The predicted molar refractivity (Wildman–Crippen MR) is 112 cm³/mol. The molecular weight excluding hydrogens is 421 g/mol. The molecule has 3 rings (SSSR count). The van der Waals surface area contributed by atoms with Crippen LogP contribution in [-0.2, 0) is 23.8 Å². The van der Waals surface area contributed by atoms with Gasteiger partial charge in [-0.3, -0.25) is 9.59 Å². The molecule has 0 radical (unpaired) electrons. The maximum Gasteiger partial charge on any atom is 0.312 e. The summed E-state index contributed by atoms with van der Waals surface area (Å²) in [6.07, 6.45) is 8.87.